The lowest BCUT2D eigenvalue weighted by atomic mass is 9.94. The molecule has 0 unspecified atom stereocenters. The molecule has 2 fully saturated rings. The molecule has 0 aromatic heterocycles. The van der Waals surface area contributed by atoms with Crippen LogP contribution < -0.4 is 5.32 Å². The van der Waals surface area contributed by atoms with Crippen molar-refractivity contribution in [2.75, 3.05) is 19.6 Å². The summed E-state index contributed by atoms with van der Waals surface area (Å²) in [5, 5.41) is 11.1. The van der Waals surface area contributed by atoms with Gasteiger partial charge in [-0.25, -0.2) is 4.79 Å². The van der Waals surface area contributed by atoms with Crippen LogP contribution >= 0.6 is 0 Å². The maximum atomic E-state index is 10.4. The summed E-state index contributed by atoms with van der Waals surface area (Å²) in [5.41, 5.74) is 0.179. The number of rotatable bonds is 2. The molecule has 2 aliphatic heterocycles. The summed E-state index contributed by atoms with van der Waals surface area (Å²) in [7, 11) is 0. The van der Waals surface area contributed by atoms with Gasteiger partial charge in [-0.05, 0) is 38.8 Å². The normalized spacial score (nSPS) is 25.8. The van der Waals surface area contributed by atoms with Gasteiger partial charge in [0.1, 0.15) is 0 Å². The van der Waals surface area contributed by atoms with Crippen molar-refractivity contribution in [3.8, 4) is 0 Å². The summed E-state index contributed by atoms with van der Waals surface area (Å²) in [6, 6.07) is 0. The van der Waals surface area contributed by atoms with Gasteiger partial charge in [0, 0.05) is 12.1 Å². The van der Waals surface area contributed by atoms with Gasteiger partial charge >= 0.3 is 6.09 Å². The Bertz CT molecular complexity index is 208. The summed E-state index contributed by atoms with van der Waals surface area (Å²) in [4.78, 5) is 12.9. The Balaban J connectivity index is 1.97. The summed E-state index contributed by atoms with van der Waals surface area (Å²) < 4.78 is 0. The van der Waals surface area contributed by atoms with E-state index in [1.54, 1.807) is 0 Å². The first-order chi connectivity index (χ1) is 6.23. The molecule has 13 heavy (non-hydrogen) atoms. The van der Waals surface area contributed by atoms with E-state index in [0.29, 0.717) is 6.54 Å². The number of hydrogen-bond acceptors (Lipinski definition) is 2. The highest BCUT2D eigenvalue weighted by molar-refractivity contribution is 5.64. The zero-order valence-electron chi connectivity index (χ0n) is 7.75. The predicted molar refractivity (Wildman–Crippen MR) is 48.8 cm³/mol. The Morgan fingerprint density at radius 2 is 2.00 bits per heavy atom. The number of amides is 1. The molecule has 0 aromatic rings. The van der Waals surface area contributed by atoms with Crippen molar-refractivity contribution in [3.05, 3.63) is 0 Å². The van der Waals surface area contributed by atoms with E-state index in [2.05, 4.69) is 10.2 Å². The smallest absolute Gasteiger partial charge is 0.404 e. The Hall–Kier alpha value is -0.770. The van der Waals surface area contributed by atoms with Crippen LogP contribution in [0.25, 0.3) is 0 Å². The second-order valence-electron chi connectivity index (χ2n) is 4.08. The van der Waals surface area contributed by atoms with Crippen molar-refractivity contribution in [1.29, 1.82) is 0 Å². The van der Waals surface area contributed by atoms with E-state index in [0.717, 1.165) is 25.9 Å². The molecule has 74 valence electrons. The number of carbonyl (C=O) groups is 1. The molecule has 0 aliphatic carbocycles. The van der Waals surface area contributed by atoms with Crippen LogP contribution in [0.5, 0.6) is 0 Å². The number of hydrogen-bond donors (Lipinski definition) is 2. The molecule has 0 bridgehead atoms. The highest BCUT2D eigenvalue weighted by Gasteiger charge is 2.43. The number of nitrogens with one attached hydrogen (secondary N) is 1. The molecule has 2 aliphatic rings. The molecule has 2 heterocycles. The molecule has 0 atom stereocenters. The first-order valence-corrected chi connectivity index (χ1v) is 4.95. The topological polar surface area (TPSA) is 52.6 Å². The average Bonchev–Trinajstić information content (AvgIpc) is 2.57. The van der Waals surface area contributed by atoms with Crippen LogP contribution in [0.2, 0.25) is 0 Å². The zero-order chi connectivity index (χ0) is 9.31. The highest BCUT2D eigenvalue weighted by atomic mass is 16.4. The van der Waals surface area contributed by atoms with Crippen LogP contribution in [0, 0.1) is 0 Å². The van der Waals surface area contributed by atoms with Crippen LogP contribution in [0.3, 0.4) is 0 Å². The maximum Gasteiger partial charge on any atom is 0.404 e. The summed E-state index contributed by atoms with van der Waals surface area (Å²) >= 11 is 0. The van der Waals surface area contributed by atoms with Crippen molar-refractivity contribution in [2.24, 2.45) is 0 Å². The number of nitrogens with zero attached hydrogens (tertiary/aromatic N) is 1. The molecule has 0 saturated carbocycles. The quantitative estimate of drug-likeness (QED) is 0.670. The molecule has 4 nitrogen and oxygen atoms in total. The second-order valence-corrected chi connectivity index (χ2v) is 4.08. The van der Waals surface area contributed by atoms with Crippen LogP contribution in [0.4, 0.5) is 4.79 Å². The van der Waals surface area contributed by atoms with E-state index in [1.165, 1.54) is 12.8 Å². The second kappa shape index (κ2) is 3.18. The van der Waals surface area contributed by atoms with Crippen molar-refractivity contribution in [3.63, 3.8) is 0 Å². The highest BCUT2D eigenvalue weighted by Crippen LogP contribution is 2.37. The Kier molecular flexibility index (Phi) is 2.15. The van der Waals surface area contributed by atoms with E-state index >= 15 is 0 Å². The summed E-state index contributed by atoms with van der Waals surface area (Å²) in [6.07, 6.45) is 3.87. The lowest BCUT2D eigenvalue weighted by Crippen LogP contribution is -2.47. The molecule has 4 heteroatoms. The summed E-state index contributed by atoms with van der Waals surface area (Å²) in [5.74, 6) is 0. The van der Waals surface area contributed by atoms with E-state index < -0.39 is 6.09 Å². The van der Waals surface area contributed by atoms with Crippen LogP contribution in [-0.4, -0.2) is 41.3 Å². The first kappa shape index (κ1) is 8.81. The van der Waals surface area contributed by atoms with Crippen molar-refractivity contribution in [2.45, 2.75) is 31.2 Å². The predicted octanol–water partition coefficient (Wildman–Crippen LogP) is 0.882. The van der Waals surface area contributed by atoms with E-state index in [4.69, 9.17) is 5.11 Å². The lowest BCUT2D eigenvalue weighted by Gasteiger charge is -2.31. The van der Waals surface area contributed by atoms with Gasteiger partial charge in [-0.3, -0.25) is 4.90 Å². The first-order valence-electron chi connectivity index (χ1n) is 4.95. The van der Waals surface area contributed by atoms with Gasteiger partial charge < -0.3 is 10.4 Å². The molecule has 1 amide bonds. The largest absolute Gasteiger partial charge is 0.465 e. The fourth-order valence-corrected chi connectivity index (χ4v) is 2.75. The van der Waals surface area contributed by atoms with Gasteiger partial charge in [0.05, 0.1) is 0 Å². The fraction of sp³-hybridized carbons (Fsp3) is 0.889. The SMILES string of the molecule is O=C(O)NCC12CCCN1CCC2. The minimum atomic E-state index is -0.895. The average molecular weight is 184 g/mol. The number of carboxylic acid groups (broad SMARTS) is 1. The Morgan fingerprint density at radius 1 is 1.38 bits per heavy atom. The summed E-state index contributed by atoms with van der Waals surface area (Å²) in [6.45, 7) is 2.92. The van der Waals surface area contributed by atoms with E-state index in [9.17, 15) is 4.79 Å². The minimum Gasteiger partial charge on any atom is -0.465 e. The van der Waals surface area contributed by atoms with E-state index in [-0.39, 0.29) is 5.54 Å². The molecule has 2 rings (SSSR count). The maximum absolute atomic E-state index is 10.4. The minimum absolute atomic E-state index is 0.179. The third kappa shape index (κ3) is 1.50. The third-order valence-electron chi connectivity index (χ3n) is 3.38. The molecule has 0 radical (unpaired) electrons. The van der Waals surface area contributed by atoms with Crippen molar-refractivity contribution >= 4 is 6.09 Å². The Morgan fingerprint density at radius 3 is 2.54 bits per heavy atom. The lowest BCUT2D eigenvalue weighted by molar-refractivity contribution is 0.166. The fourth-order valence-electron chi connectivity index (χ4n) is 2.75. The van der Waals surface area contributed by atoms with Gasteiger partial charge in [0.25, 0.3) is 0 Å². The molecule has 0 aromatic carbocycles. The molecular weight excluding hydrogens is 168 g/mol. The zero-order valence-corrected chi connectivity index (χ0v) is 7.75. The molecule has 2 N–H and O–H groups in total. The van der Waals surface area contributed by atoms with Gasteiger partial charge in [-0.2, -0.15) is 0 Å². The van der Waals surface area contributed by atoms with E-state index in [1.807, 2.05) is 0 Å². The molecular formula is C9H16N2O2. The van der Waals surface area contributed by atoms with Crippen LogP contribution in [0.1, 0.15) is 25.7 Å². The monoisotopic (exact) mass is 184 g/mol. The van der Waals surface area contributed by atoms with Gasteiger partial charge in [0.15, 0.2) is 0 Å². The van der Waals surface area contributed by atoms with Gasteiger partial charge in [-0.15, -0.1) is 0 Å². The molecule has 0 spiro atoms. The Labute approximate surface area is 77.9 Å². The van der Waals surface area contributed by atoms with Gasteiger partial charge in [0.2, 0.25) is 0 Å². The van der Waals surface area contributed by atoms with Crippen molar-refractivity contribution in [1.82, 2.24) is 10.2 Å². The van der Waals surface area contributed by atoms with Gasteiger partial charge in [-0.1, -0.05) is 0 Å². The van der Waals surface area contributed by atoms with Crippen LogP contribution in [-0.2, 0) is 0 Å². The molecule has 2 saturated heterocycles. The third-order valence-corrected chi connectivity index (χ3v) is 3.38. The van der Waals surface area contributed by atoms with Crippen LogP contribution in [0.15, 0.2) is 0 Å². The van der Waals surface area contributed by atoms with Crippen molar-refractivity contribution < 1.29 is 9.90 Å². The standard InChI is InChI=1S/C9H16N2O2/c12-8(13)10-7-9-3-1-5-11(9)6-2-4-9/h10H,1-7H2,(H,12,13). The number of fused-ring (bicyclic) bond motifs is 1.